The van der Waals surface area contributed by atoms with E-state index in [1.807, 2.05) is 0 Å². The van der Waals surface area contributed by atoms with Crippen molar-refractivity contribution in [2.24, 2.45) is 11.1 Å². The normalized spacial score (nSPS) is 11.6. The van der Waals surface area contributed by atoms with Crippen LogP contribution in [0.2, 0.25) is 5.02 Å². The first kappa shape index (κ1) is 14.3. The highest BCUT2D eigenvalue weighted by molar-refractivity contribution is 6.30. The van der Waals surface area contributed by atoms with Crippen LogP contribution in [0, 0.1) is 11.2 Å². The minimum atomic E-state index is -0.493. The van der Waals surface area contributed by atoms with E-state index in [1.54, 1.807) is 12.1 Å². The Labute approximate surface area is 107 Å². The van der Waals surface area contributed by atoms with Gasteiger partial charge in [0.1, 0.15) is 0 Å². The maximum Gasteiger partial charge on any atom is 0.183 e. The molecule has 0 saturated carbocycles. The Balaban J connectivity index is 2.39. The largest absolute Gasteiger partial charge is 0.490 e. The van der Waals surface area contributed by atoms with E-state index >= 15 is 0 Å². The fourth-order valence-corrected chi connectivity index (χ4v) is 1.60. The van der Waals surface area contributed by atoms with Crippen LogP contribution in [0.25, 0.3) is 0 Å². The van der Waals surface area contributed by atoms with Crippen LogP contribution in [0.4, 0.5) is 4.39 Å². The topological polar surface area (TPSA) is 35.2 Å². The zero-order chi connectivity index (χ0) is 12.9. The van der Waals surface area contributed by atoms with Gasteiger partial charge in [0, 0.05) is 0 Å². The standard InChI is InChI=1S/C13H19ClFNO/c1-13(2,9-16)7-4-8-17-11-6-3-5-10(14)12(11)15/h3,5-6H,4,7-9,16H2,1-2H3. The van der Waals surface area contributed by atoms with Crippen LogP contribution in [0.15, 0.2) is 18.2 Å². The minimum Gasteiger partial charge on any atom is -0.490 e. The first-order chi connectivity index (χ1) is 7.96. The molecule has 1 aromatic rings. The highest BCUT2D eigenvalue weighted by atomic mass is 35.5. The zero-order valence-corrected chi connectivity index (χ0v) is 11.1. The second-order valence-corrected chi connectivity index (χ2v) is 5.28. The SMILES string of the molecule is CC(C)(CN)CCCOc1cccc(Cl)c1F. The van der Waals surface area contributed by atoms with Gasteiger partial charge < -0.3 is 10.5 Å². The quantitative estimate of drug-likeness (QED) is 0.792. The Morgan fingerprint density at radius 3 is 2.76 bits per heavy atom. The van der Waals surface area contributed by atoms with E-state index in [0.717, 1.165) is 12.8 Å². The van der Waals surface area contributed by atoms with Crippen molar-refractivity contribution in [1.82, 2.24) is 0 Å². The summed E-state index contributed by atoms with van der Waals surface area (Å²) in [5.41, 5.74) is 5.73. The van der Waals surface area contributed by atoms with Crippen molar-refractivity contribution < 1.29 is 9.13 Å². The van der Waals surface area contributed by atoms with Gasteiger partial charge in [0.25, 0.3) is 0 Å². The van der Waals surface area contributed by atoms with Crippen LogP contribution in [-0.2, 0) is 0 Å². The molecular formula is C13H19ClFNO. The number of halogens is 2. The average molecular weight is 260 g/mol. The lowest BCUT2D eigenvalue weighted by atomic mass is 9.88. The van der Waals surface area contributed by atoms with Crippen molar-refractivity contribution in [3.05, 3.63) is 29.0 Å². The van der Waals surface area contributed by atoms with E-state index in [-0.39, 0.29) is 16.2 Å². The highest BCUT2D eigenvalue weighted by Gasteiger charge is 2.15. The van der Waals surface area contributed by atoms with Crippen LogP contribution >= 0.6 is 11.6 Å². The third-order valence-corrected chi connectivity index (χ3v) is 3.02. The lowest BCUT2D eigenvalue weighted by Gasteiger charge is -2.21. The molecule has 0 aromatic heterocycles. The Kier molecular flexibility index (Phi) is 5.22. The Hall–Kier alpha value is -0.800. The van der Waals surface area contributed by atoms with Gasteiger partial charge in [-0.05, 0) is 36.9 Å². The van der Waals surface area contributed by atoms with Gasteiger partial charge in [-0.1, -0.05) is 31.5 Å². The van der Waals surface area contributed by atoms with E-state index < -0.39 is 5.82 Å². The van der Waals surface area contributed by atoms with Gasteiger partial charge in [-0.3, -0.25) is 0 Å². The Morgan fingerprint density at radius 2 is 2.12 bits per heavy atom. The van der Waals surface area contributed by atoms with Crippen molar-refractivity contribution in [3.8, 4) is 5.75 Å². The van der Waals surface area contributed by atoms with Crippen molar-refractivity contribution in [3.63, 3.8) is 0 Å². The summed E-state index contributed by atoms with van der Waals surface area (Å²) < 4.78 is 18.8. The molecule has 0 radical (unpaired) electrons. The van der Waals surface area contributed by atoms with Gasteiger partial charge >= 0.3 is 0 Å². The summed E-state index contributed by atoms with van der Waals surface area (Å²) in [5, 5.41) is 0.0878. The van der Waals surface area contributed by atoms with Gasteiger partial charge in [-0.15, -0.1) is 0 Å². The summed E-state index contributed by atoms with van der Waals surface area (Å²) in [7, 11) is 0. The predicted molar refractivity (Wildman–Crippen MR) is 69.0 cm³/mol. The molecule has 1 aromatic carbocycles. The smallest absolute Gasteiger partial charge is 0.183 e. The van der Waals surface area contributed by atoms with E-state index in [1.165, 1.54) is 6.07 Å². The molecule has 2 nitrogen and oxygen atoms in total. The van der Waals surface area contributed by atoms with E-state index in [2.05, 4.69) is 13.8 Å². The molecule has 0 saturated heterocycles. The number of hydrogen-bond acceptors (Lipinski definition) is 2. The molecule has 0 unspecified atom stereocenters. The van der Waals surface area contributed by atoms with Gasteiger partial charge in [0.2, 0.25) is 0 Å². The van der Waals surface area contributed by atoms with Gasteiger partial charge in [-0.25, -0.2) is 4.39 Å². The third-order valence-electron chi connectivity index (χ3n) is 2.72. The Morgan fingerprint density at radius 1 is 1.41 bits per heavy atom. The van der Waals surface area contributed by atoms with Crippen LogP contribution in [0.5, 0.6) is 5.75 Å². The fourth-order valence-electron chi connectivity index (χ4n) is 1.43. The number of ether oxygens (including phenoxy) is 1. The second-order valence-electron chi connectivity index (χ2n) is 4.87. The van der Waals surface area contributed by atoms with Crippen LogP contribution < -0.4 is 10.5 Å². The molecule has 1 rings (SSSR count). The molecule has 0 atom stereocenters. The maximum absolute atomic E-state index is 13.5. The number of benzene rings is 1. The van der Waals surface area contributed by atoms with Gasteiger partial charge in [0.15, 0.2) is 11.6 Å². The average Bonchev–Trinajstić information content (AvgIpc) is 2.30. The molecule has 0 aliphatic carbocycles. The molecule has 4 heteroatoms. The molecule has 0 aliphatic rings. The minimum absolute atomic E-state index is 0.0878. The van der Waals surface area contributed by atoms with Crippen molar-refractivity contribution in [1.29, 1.82) is 0 Å². The summed E-state index contributed by atoms with van der Waals surface area (Å²) in [6, 6.07) is 4.75. The summed E-state index contributed by atoms with van der Waals surface area (Å²) in [5.74, 6) is -0.282. The fraction of sp³-hybridized carbons (Fsp3) is 0.538. The molecule has 0 aliphatic heterocycles. The van der Waals surface area contributed by atoms with Gasteiger partial charge in [-0.2, -0.15) is 0 Å². The van der Waals surface area contributed by atoms with Crippen LogP contribution in [-0.4, -0.2) is 13.2 Å². The first-order valence-electron chi connectivity index (χ1n) is 5.73. The molecule has 0 bridgehead atoms. The van der Waals surface area contributed by atoms with Crippen molar-refractivity contribution >= 4 is 11.6 Å². The Bertz CT molecular complexity index is 368. The van der Waals surface area contributed by atoms with Crippen LogP contribution in [0.3, 0.4) is 0 Å². The van der Waals surface area contributed by atoms with E-state index in [4.69, 9.17) is 22.1 Å². The molecule has 96 valence electrons. The first-order valence-corrected chi connectivity index (χ1v) is 6.11. The molecule has 0 amide bonds. The highest BCUT2D eigenvalue weighted by Crippen LogP contribution is 2.25. The van der Waals surface area contributed by atoms with Gasteiger partial charge in [0.05, 0.1) is 11.6 Å². The molecule has 17 heavy (non-hydrogen) atoms. The maximum atomic E-state index is 13.5. The molecule has 0 fully saturated rings. The molecule has 0 spiro atoms. The van der Waals surface area contributed by atoms with Crippen molar-refractivity contribution in [2.75, 3.05) is 13.2 Å². The van der Waals surface area contributed by atoms with Crippen LogP contribution in [0.1, 0.15) is 26.7 Å². The number of rotatable bonds is 6. The summed E-state index contributed by atoms with van der Waals surface area (Å²) in [6.07, 6.45) is 1.79. The van der Waals surface area contributed by atoms with E-state index in [9.17, 15) is 4.39 Å². The monoisotopic (exact) mass is 259 g/mol. The third kappa shape index (κ3) is 4.52. The van der Waals surface area contributed by atoms with Crippen molar-refractivity contribution in [2.45, 2.75) is 26.7 Å². The predicted octanol–water partition coefficient (Wildman–Crippen LogP) is 3.62. The number of nitrogens with two attached hydrogens (primary N) is 1. The lowest BCUT2D eigenvalue weighted by molar-refractivity contribution is 0.253. The lowest BCUT2D eigenvalue weighted by Crippen LogP contribution is -2.24. The van der Waals surface area contributed by atoms with E-state index in [0.29, 0.717) is 13.2 Å². The second kappa shape index (κ2) is 6.22. The zero-order valence-electron chi connectivity index (χ0n) is 10.3. The number of hydrogen-bond donors (Lipinski definition) is 1. The molecule has 0 heterocycles. The molecule has 2 N–H and O–H groups in total. The molecular weight excluding hydrogens is 241 g/mol. The summed E-state index contributed by atoms with van der Waals surface area (Å²) in [4.78, 5) is 0. The summed E-state index contributed by atoms with van der Waals surface area (Å²) >= 11 is 5.65. The summed E-state index contributed by atoms with van der Waals surface area (Å²) in [6.45, 7) is 5.32.